The molecule has 6 bridgehead atoms. The molecule has 12 nitrogen and oxygen atoms in total. The quantitative estimate of drug-likeness (QED) is 0.144. The van der Waals surface area contributed by atoms with Gasteiger partial charge < -0.3 is 24.4 Å². The van der Waals surface area contributed by atoms with Crippen molar-refractivity contribution >= 4 is 39.6 Å². The van der Waals surface area contributed by atoms with E-state index in [1.54, 1.807) is 37.5 Å². The van der Waals surface area contributed by atoms with E-state index in [0.717, 1.165) is 73.5 Å². The normalized spacial score (nSPS) is 20.9. The van der Waals surface area contributed by atoms with Crippen molar-refractivity contribution in [1.82, 2.24) is 30.2 Å². The van der Waals surface area contributed by atoms with Gasteiger partial charge in [0.2, 0.25) is 0 Å². The first kappa shape index (κ1) is 36.2. The maximum atomic E-state index is 17.6. The van der Waals surface area contributed by atoms with Gasteiger partial charge in [-0.3, -0.25) is 14.9 Å². The Bertz CT molecular complexity index is 2360. The van der Waals surface area contributed by atoms with Gasteiger partial charge in [0.15, 0.2) is 5.82 Å². The maximum absolute atomic E-state index is 17.6. The number of aromatic nitrogens is 4. The number of rotatable bonds is 5. The zero-order valence-electron chi connectivity index (χ0n) is 32.1. The first-order valence-electron chi connectivity index (χ1n) is 19.7. The van der Waals surface area contributed by atoms with Gasteiger partial charge >= 0.3 is 18.1 Å². The third-order valence-corrected chi connectivity index (χ3v) is 12.2. The molecule has 5 aliphatic rings. The Morgan fingerprint density at radius 2 is 1.84 bits per heavy atom. The Balaban J connectivity index is 1.21. The summed E-state index contributed by atoms with van der Waals surface area (Å²) in [6, 6.07) is 11.1. The Hall–Kier alpha value is -5.43. The highest BCUT2D eigenvalue weighted by Crippen LogP contribution is 2.42. The molecule has 0 spiro atoms. The van der Waals surface area contributed by atoms with Gasteiger partial charge in [0, 0.05) is 31.0 Å². The summed E-state index contributed by atoms with van der Waals surface area (Å²) >= 11 is 0. The van der Waals surface area contributed by atoms with Gasteiger partial charge in [0.25, 0.3) is 0 Å². The molecule has 290 valence electrons. The van der Waals surface area contributed by atoms with Crippen LogP contribution < -0.4 is 19.7 Å². The van der Waals surface area contributed by atoms with Crippen molar-refractivity contribution in [3.8, 4) is 23.0 Å². The van der Waals surface area contributed by atoms with Gasteiger partial charge in [-0.1, -0.05) is 18.2 Å². The molecule has 1 N–H and O–H groups in total. The number of benzene rings is 2. The molecule has 8 heterocycles. The smallest absolute Gasteiger partial charge is 0.407 e. The number of anilines is 1. The molecule has 0 radical (unpaired) electrons. The minimum absolute atomic E-state index is 0.0643. The van der Waals surface area contributed by atoms with Crippen LogP contribution in [-0.4, -0.2) is 87.4 Å². The molecule has 1 amide bonds. The van der Waals surface area contributed by atoms with Crippen molar-refractivity contribution in [2.24, 2.45) is 0 Å². The van der Waals surface area contributed by atoms with E-state index in [0.29, 0.717) is 60.6 Å². The van der Waals surface area contributed by atoms with Gasteiger partial charge in [-0.15, -0.1) is 0 Å². The molecular weight excluding hydrogens is 714 g/mol. The molecule has 5 aromatic rings. The second kappa shape index (κ2) is 14.3. The number of fused-ring (bicyclic) bond motifs is 7. The van der Waals surface area contributed by atoms with Crippen LogP contribution in [0.25, 0.3) is 32.9 Å². The Morgan fingerprint density at radius 1 is 1.02 bits per heavy atom. The number of hydrogen-bond acceptors (Lipinski definition) is 11. The molecule has 1 atom stereocenters. The summed E-state index contributed by atoms with van der Waals surface area (Å²) in [4.78, 5) is 50.2. The second-order valence-corrected chi connectivity index (χ2v) is 16.1. The van der Waals surface area contributed by atoms with Crippen molar-refractivity contribution in [1.29, 1.82) is 0 Å². The van der Waals surface area contributed by atoms with E-state index in [9.17, 15) is 9.59 Å². The number of nitrogens with one attached hydrogen (secondary N) is 1. The molecule has 0 saturated carbocycles. The third-order valence-electron chi connectivity index (χ3n) is 12.2. The SMILES string of the molecule is Cc1ccnc(C)c1C(=O)Oc1cc2c3c(cccc3c1)CCCOC(=O)NC1(C)CCCN(C1)c1nc(OCC34CCCN3CCC4)nc3c(F)c-2ncc13. The predicted octanol–water partition coefficient (Wildman–Crippen LogP) is 7.25. The Morgan fingerprint density at radius 3 is 2.66 bits per heavy atom. The van der Waals surface area contributed by atoms with E-state index >= 15 is 4.39 Å². The van der Waals surface area contributed by atoms with Crippen LogP contribution in [0.5, 0.6) is 11.8 Å². The van der Waals surface area contributed by atoms with Crippen LogP contribution in [0.2, 0.25) is 0 Å². The first-order valence-corrected chi connectivity index (χ1v) is 19.7. The number of amides is 1. The first-order chi connectivity index (χ1) is 27.1. The van der Waals surface area contributed by atoms with Crippen LogP contribution >= 0.6 is 0 Å². The lowest BCUT2D eigenvalue weighted by Gasteiger charge is -2.41. The predicted molar refractivity (Wildman–Crippen MR) is 210 cm³/mol. The molecule has 10 rings (SSSR count). The monoisotopic (exact) mass is 759 g/mol. The lowest BCUT2D eigenvalue weighted by atomic mass is 9.91. The highest BCUT2D eigenvalue weighted by Gasteiger charge is 2.45. The van der Waals surface area contributed by atoms with Crippen LogP contribution in [0, 0.1) is 19.7 Å². The fraction of sp³-hybridized carbons (Fsp3) is 0.442. The maximum Gasteiger partial charge on any atom is 0.407 e. The molecular formula is C43H46FN7O5. The number of alkyl carbamates (subject to hydrolysis) is 1. The largest absolute Gasteiger partial charge is 0.461 e. The zero-order valence-corrected chi connectivity index (χ0v) is 32.1. The van der Waals surface area contributed by atoms with Gasteiger partial charge in [-0.2, -0.15) is 9.97 Å². The number of piperidine rings is 1. The number of ether oxygens (including phenoxy) is 3. The molecule has 3 aromatic heterocycles. The summed E-state index contributed by atoms with van der Waals surface area (Å²) in [5, 5.41) is 5.03. The van der Waals surface area contributed by atoms with Crippen molar-refractivity contribution < 1.29 is 28.2 Å². The number of nitrogens with zero attached hydrogens (tertiary/aromatic N) is 6. The number of carbonyl (C=O) groups excluding carboxylic acids is 2. The average Bonchev–Trinajstić information content (AvgIpc) is 3.76. The molecule has 2 aromatic carbocycles. The molecule has 3 fully saturated rings. The minimum Gasteiger partial charge on any atom is -0.461 e. The standard InChI is InChI=1S/C43H46FN7O5/c1-26-12-16-45-27(2)33(26)39(52)56-30-21-29-10-4-9-28-11-5-20-54-41(53)49-42(3)13-6-17-50(24-42)38-32-23-46-36(31(22-30)34(28)29)35(44)37(32)47-40(48-38)55-25-43-14-7-18-51(43)19-8-15-43/h4,9-10,12,16,21-23H,5-8,11,13-15,17-20,24-25H2,1-3H3,(H,49,53). The van der Waals surface area contributed by atoms with E-state index in [-0.39, 0.29) is 35.1 Å². The minimum atomic E-state index is -0.628. The van der Waals surface area contributed by atoms with Gasteiger partial charge in [-0.25, -0.2) is 14.0 Å². The summed E-state index contributed by atoms with van der Waals surface area (Å²) in [5.74, 6) is -0.452. The summed E-state index contributed by atoms with van der Waals surface area (Å²) < 4.78 is 35.8. The molecule has 13 heteroatoms. The fourth-order valence-corrected chi connectivity index (χ4v) is 9.50. The van der Waals surface area contributed by atoms with Gasteiger partial charge in [0.05, 0.1) is 34.3 Å². The van der Waals surface area contributed by atoms with E-state index in [2.05, 4.69) is 20.1 Å². The van der Waals surface area contributed by atoms with Crippen LogP contribution in [0.1, 0.15) is 79.0 Å². The lowest BCUT2D eigenvalue weighted by molar-refractivity contribution is 0.0733. The summed E-state index contributed by atoms with van der Waals surface area (Å²) in [6.07, 6.45) is 9.69. The Kier molecular flexibility index (Phi) is 9.22. The van der Waals surface area contributed by atoms with Gasteiger partial charge in [-0.05, 0) is 125 Å². The third kappa shape index (κ3) is 6.55. The molecule has 3 saturated heterocycles. The number of esters is 1. The van der Waals surface area contributed by atoms with Gasteiger partial charge in [0.1, 0.15) is 29.4 Å². The summed E-state index contributed by atoms with van der Waals surface area (Å²) in [6.45, 7) is 9.36. The molecule has 56 heavy (non-hydrogen) atoms. The molecule has 1 unspecified atom stereocenters. The number of aryl methyl sites for hydroxylation is 3. The van der Waals surface area contributed by atoms with E-state index < -0.39 is 23.4 Å². The number of pyridine rings is 2. The van der Waals surface area contributed by atoms with Crippen molar-refractivity contribution in [2.45, 2.75) is 83.2 Å². The lowest BCUT2D eigenvalue weighted by Crippen LogP contribution is -2.57. The van der Waals surface area contributed by atoms with Crippen molar-refractivity contribution in [3.63, 3.8) is 0 Å². The topological polar surface area (TPSA) is 132 Å². The van der Waals surface area contributed by atoms with Crippen molar-refractivity contribution in [2.75, 3.05) is 44.3 Å². The zero-order chi connectivity index (χ0) is 38.6. The fourth-order valence-electron chi connectivity index (χ4n) is 9.50. The summed E-state index contributed by atoms with van der Waals surface area (Å²) in [7, 11) is 0. The number of halogens is 1. The highest BCUT2D eigenvalue weighted by molar-refractivity contribution is 6.02. The van der Waals surface area contributed by atoms with Crippen LogP contribution in [0.15, 0.2) is 48.8 Å². The van der Waals surface area contributed by atoms with Crippen LogP contribution in [0.3, 0.4) is 0 Å². The Labute approximate surface area is 324 Å². The highest BCUT2D eigenvalue weighted by atomic mass is 19.1. The summed E-state index contributed by atoms with van der Waals surface area (Å²) in [5.41, 5.74) is 2.48. The molecule has 0 aliphatic carbocycles. The average molecular weight is 760 g/mol. The van der Waals surface area contributed by atoms with Crippen molar-refractivity contribution in [3.05, 3.63) is 77.0 Å². The number of hydrogen-bond donors (Lipinski definition) is 1. The van der Waals surface area contributed by atoms with Crippen LogP contribution in [0.4, 0.5) is 15.0 Å². The number of carbonyl (C=O) groups is 2. The van der Waals surface area contributed by atoms with Crippen LogP contribution in [-0.2, 0) is 11.2 Å². The van der Waals surface area contributed by atoms with E-state index in [1.807, 2.05) is 32.0 Å². The van der Waals surface area contributed by atoms with E-state index in [1.165, 1.54) is 0 Å². The second-order valence-electron chi connectivity index (χ2n) is 16.1. The molecule has 5 aliphatic heterocycles. The van der Waals surface area contributed by atoms with E-state index in [4.69, 9.17) is 29.2 Å².